The van der Waals surface area contributed by atoms with Crippen LogP contribution < -0.4 is 28.5 Å². The molecule has 0 aliphatic rings. The Hall–Kier alpha value is -0.160. The molecule has 0 aliphatic heterocycles. The molecule has 1 aromatic heterocycles. The Kier molecular flexibility index (Phi) is 3.67. The Balaban J connectivity index is 0.000000845. The van der Waals surface area contributed by atoms with Gasteiger partial charge in [-0.25, -0.2) is 0 Å². The quantitative estimate of drug-likeness (QED) is 0.341. The van der Waals surface area contributed by atoms with Crippen molar-refractivity contribution in [3.63, 3.8) is 0 Å². The van der Waals surface area contributed by atoms with Crippen LogP contribution in [0.5, 0.6) is 0 Å². The summed E-state index contributed by atoms with van der Waals surface area (Å²) in [5.41, 5.74) is 0. The predicted molar refractivity (Wildman–Crippen MR) is 52.8 cm³/mol. The van der Waals surface area contributed by atoms with Crippen LogP contribution in [0.25, 0.3) is 10.8 Å². The molecule has 1 aromatic carbocycles. The summed E-state index contributed by atoms with van der Waals surface area (Å²) in [5, 5.41) is 2.52. The number of rotatable bonds is 0. The number of aryl methyl sites for hydroxylation is 1. The summed E-state index contributed by atoms with van der Waals surface area (Å²) in [4.78, 5) is 0. The Morgan fingerprint density at radius 2 is 1.85 bits per heavy atom. The van der Waals surface area contributed by atoms with Crippen molar-refractivity contribution in [1.82, 2.24) is 0 Å². The van der Waals surface area contributed by atoms with Gasteiger partial charge in [-0.1, -0.05) is 18.2 Å². The maximum Gasteiger partial charge on any atom is 0.255 e. The van der Waals surface area contributed by atoms with E-state index in [1.165, 1.54) is 10.8 Å². The van der Waals surface area contributed by atoms with Crippen molar-refractivity contribution in [1.29, 1.82) is 0 Å². The molecule has 0 unspecified atom stereocenters. The molecule has 0 aliphatic carbocycles. The van der Waals surface area contributed by atoms with Gasteiger partial charge in [0.2, 0.25) is 0 Å². The number of hydrogen-bond donors (Lipinski definition) is 0. The van der Waals surface area contributed by atoms with Gasteiger partial charge in [-0.15, -0.1) is 0 Å². The summed E-state index contributed by atoms with van der Waals surface area (Å²) in [6, 6.07) is 10.4. The van der Waals surface area contributed by atoms with Crippen LogP contribution in [0.2, 0.25) is 0 Å². The van der Waals surface area contributed by atoms with Crippen LogP contribution in [0, 0.1) is 0 Å². The van der Waals surface area contributed by atoms with Crippen LogP contribution in [0.4, 0.5) is 0 Å². The van der Waals surface area contributed by atoms with Gasteiger partial charge in [0.25, 0.3) is 4.60 Å². The molecule has 1 heterocycles. The molecule has 0 atom stereocenters. The summed E-state index contributed by atoms with van der Waals surface area (Å²) in [6.45, 7) is 0. The maximum atomic E-state index is 3.54. The van der Waals surface area contributed by atoms with E-state index in [9.17, 15) is 0 Å². The van der Waals surface area contributed by atoms with Crippen molar-refractivity contribution in [3.05, 3.63) is 41.1 Å². The SMILES string of the molecule is C[n+]1ccc2ccccc2c1Br.[I-]. The standard InChI is InChI=1S/C10H9BrN.HI/c1-12-7-6-8-4-2-3-5-9(8)10(12)11;/h2-7H,1H3;1H/q+1;/p-1. The highest BCUT2D eigenvalue weighted by Crippen LogP contribution is 2.18. The van der Waals surface area contributed by atoms with Gasteiger partial charge in [0.05, 0.1) is 5.39 Å². The Morgan fingerprint density at radius 1 is 1.15 bits per heavy atom. The molecule has 0 radical (unpaired) electrons. The van der Waals surface area contributed by atoms with Crippen LogP contribution >= 0.6 is 15.9 Å². The number of hydrogen-bond acceptors (Lipinski definition) is 0. The van der Waals surface area contributed by atoms with Gasteiger partial charge >= 0.3 is 0 Å². The largest absolute Gasteiger partial charge is 1.00 e. The van der Waals surface area contributed by atoms with Crippen molar-refractivity contribution in [2.45, 2.75) is 0 Å². The lowest BCUT2D eigenvalue weighted by Crippen LogP contribution is -3.00. The number of pyridine rings is 1. The number of fused-ring (bicyclic) bond motifs is 1. The molecular weight excluding hydrogens is 341 g/mol. The average molecular weight is 350 g/mol. The Labute approximate surface area is 103 Å². The first-order chi connectivity index (χ1) is 5.79. The molecule has 2 aromatic rings. The number of nitrogens with zero attached hydrogens (tertiary/aromatic N) is 1. The van der Waals surface area contributed by atoms with Crippen molar-refractivity contribution in [2.24, 2.45) is 7.05 Å². The van der Waals surface area contributed by atoms with E-state index in [0.717, 1.165) is 4.60 Å². The number of halogens is 2. The number of benzene rings is 1. The molecular formula is C10H9BrIN. The summed E-state index contributed by atoms with van der Waals surface area (Å²) in [7, 11) is 2.02. The summed E-state index contributed by atoms with van der Waals surface area (Å²) in [5.74, 6) is 0. The molecule has 0 spiro atoms. The minimum Gasteiger partial charge on any atom is -1.00 e. The van der Waals surface area contributed by atoms with Gasteiger partial charge in [-0.05, 0) is 11.5 Å². The molecule has 0 N–H and O–H groups in total. The van der Waals surface area contributed by atoms with Crippen LogP contribution in [-0.2, 0) is 7.05 Å². The lowest BCUT2D eigenvalue weighted by Gasteiger charge is -1.97. The monoisotopic (exact) mass is 349 g/mol. The first-order valence-electron chi connectivity index (χ1n) is 3.82. The van der Waals surface area contributed by atoms with E-state index in [1.54, 1.807) is 0 Å². The third kappa shape index (κ3) is 2.02. The van der Waals surface area contributed by atoms with E-state index in [1.807, 2.05) is 19.3 Å². The molecule has 0 saturated heterocycles. The van der Waals surface area contributed by atoms with Gasteiger partial charge in [0.1, 0.15) is 7.05 Å². The minimum absolute atomic E-state index is 0. The molecule has 0 bridgehead atoms. The second kappa shape index (κ2) is 4.37. The van der Waals surface area contributed by atoms with Crippen LogP contribution in [0.1, 0.15) is 0 Å². The average Bonchev–Trinajstić information content (AvgIpc) is 2.12. The zero-order valence-corrected chi connectivity index (χ0v) is 10.9. The lowest BCUT2D eigenvalue weighted by atomic mass is 10.2. The Bertz CT molecular complexity index is 428. The van der Waals surface area contributed by atoms with Gasteiger partial charge in [-0.3, -0.25) is 0 Å². The first kappa shape index (κ1) is 10.9. The zero-order valence-electron chi connectivity index (χ0n) is 7.17. The molecule has 13 heavy (non-hydrogen) atoms. The van der Waals surface area contributed by atoms with Gasteiger partial charge in [0.15, 0.2) is 6.20 Å². The van der Waals surface area contributed by atoms with E-state index < -0.39 is 0 Å². The summed E-state index contributed by atoms with van der Waals surface area (Å²) in [6.07, 6.45) is 2.05. The van der Waals surface area contributed by atoms with Gasteiger partial charge in [0, 0.05) is 22.0 Å². The van der Waals surface area contributed by atoms with E-state index in [2.05, 4.69) is 44.8 Å². The third-order valence-electron chi connectivity index (χ3n) is 1.97. The zero-order chi connectivity index (χ0) is 8.55. The second-order valence-corrected chi connectivity index (χ2v) is 3.56. The molecule has 2 rings (SSSR count). The highest BCUT2D eigenvalue weighted by molar-refractivity contribution is 9.10. The fourth-order valence-electron chi connectivity index (χ4n) is 1.28. The van der Waals surface area contributed by atoms with Crippen molar-refractivity contribution < 1.29 is 28.5 Å². The van der Waals surface area contributed by atoms with E-state index in [-0.39, 0.29) is 24.0 Å². The molecule has 0 fully saturated rings. The normalized spacial score (nSPS) is 9.69. The van der Waals surface area contributed by atoms with E-state index in [0.29, 0.717) is 0 Å². The smallest absolute Gasteiger partial charge is 0.255 e. The summed E-state index contributed by atoms with van der Waals surface area (Å²) >= 11 is 3.54. The van der Waals surface area contributed by atoms with Crippen molar-refractivity contribution in [3.8, 4) is 0 Å². The van der Waals surface area contributed by atoms with E-state index >= 15 is 0 Å². The van der Waals surface area contributed by atoms with Crippen molar-refractivity contribution in [2.75, 3.05) is 0 Å². The molecule has 0 amide bonds. The van der Waals surface area contributed by atoms with Gasteiger partial charge in [-0.2, -0.15) is 4.57 Å². The van der Waals surface area contributed by atoms with Gasteiger partial charge < -0.3 is 24.0 Å². The topological polar surface area (TPSA) is 3.88 Å². The molecule has 1 nitrogen and oxygen atoms in total. The molecule has 3 heteroatoms. The predicted octanol–water partition coefficient (Wildman–Crippen LogP) is -0.569. The fraction of sp³-hybridized carbons (Fsp3) is 0.100. The van der Waals surface area contributed by atoms with E-state index in [4.69, 9.17) is 0 Å². The highest BCUT2D eigenvalue weighted by Gasteiger charge is 2.06. The summed E-state index contributed by atoms with van der Waals surface area (Å²) < 4.78 is 3.18. The Morgan fingerprint density at radius 3 is 2.62 bits per heavy atom. The number of aromatic nitrogens is 1. The lowest BCUT2D eigenvalue weighted by molar-refractivity contribution is -0.681. The minimum atomic E-state index is 0. The maximum absolute atomic E-state index is 3.54. The van der Waals surface area contributed by atoms with Crippen LogP contribution in [0.3, 0.4) is 0 Å². The molecule has 68 valence electrons. The third-order valence-corrected chi connectivity index (χ3v) is 2.96. The van der Waals surface area contributed by atoms with Crippen LogP contribution in [-0.4, -0.2) is 0 Å². The van der Waals surface area contributed by atoms with Crippen molar-refractivity contribution >= 4 is 26.7 Å². The fourth-order valence-corrected chi connectivity index (χ4v) is 1.76. The second-order valence-electron chi connectivity index (χ2n) is 2.80. The first-order valence-corrected chi connectivity index (χ1v) is 4.61. The molecule has 0 saturated carbocycles. The highest BCUT2D eigenvalue weighted by atomic mass is 127. The van der Waals surface area contributed by atoms with Crippen LogP contribution in [0.15, 0.2) is 41.1 Å².